The molecule has 0 fully saturated rings. The van der Waals surface area contributed by atoms with Gasteiger partial charge in [0.05, 0.1) is 16.3 Å². The highest BCUT2D eigenvalue weighted by atomic mass is 35.5. The molecule has 4 heteroatoms. The molecule has 0 aromatic heterocycles. The highest BCUT2D eigenvalue weighted by Gasteiger charge is 2.24. The van der Waals surface area contributed by atoms with Crippen LogP contribution in [0.3, 0.4) is 0 Å². The second-order valence-electron chi connectivity index (χ2n) is 3.48. The van der Waals surface area contributed by atoms with E-state index in [-0.39, 0.29) is 6.04 Å². The van der Waals surface area contributed by atoms with Crippen LogP contribution >= 0.6 is 11.6 Å². The van der Waals surface area contributed by atoms with Crippen molar-refractivity contribution in [3.8, 4) is 6.07 Å². The molecule has 1 aliphatic rings. The van der Waals surface area contributed by atoms with Crippen LogP contribution in [0, 0.1) is 11.3 Å². The van der Waals surface area contributed by atoms with Crippen LogP contribution in [0.2, 0.25) is 5.02 Å². The number of halogens is 1. The van der Waals surface area contributed by atoms with Gasteiger partial charge >= 0.3 is 0 Å². The summed E-state index contributed by atoms with van der Waals surface area (Å²) in [6.07, 6.45) is 1.76. The largest absolute Gasteiger partial charge is 0.396 e. The van der Waals surface area contributed by atoms with E-state index in [0.29, 0.717) is 16.3 Å². The van der Waals surface area contributed by atoms with Gasteiger partial charge in [0.2, 0.25) is 0 Å². The predicted octanol–water partition coefficient (Wildman–Crippen LogP) is 1.74. The van der Waals surface area contributed by atoms with Gasteiger partial charge in [-0.25, -0.2) is 0 Å². The summed E-state index contributed by atoms with van der Waals surface area (Å²) in [5.41, 5.74) is 14.4. The van der Waals surface area contributed by atoms with Crippen LogP contribution in [0.5, 0.6) is 0 Å². The molecule has 0 bridgehead atoms. The normalized spacial score (nSPS) is 19.1. The van der Waals surface area contributed by atoms with Crippen LogP contribution in [0.25, 0.3) is 0 Å². The SMILES string of the molecule is N#Cc1cc2c(c(Cl)c1N)[C@H](N)CC2. The Labute approximate surface area is 87.3 Å². The fraction of sp³-hybridized carbons (Fsp3) is 0.300. The first kappa shape index (κ1) is 9.32. The molecule has 4 N–H and O–H groups in total. The standard InChI is InChI=1S/C10H10ClN3/c11-9-8-5(1-2-7(8)13)3-6(4-12)10(9)14/h3,7H,1-2,13-14H2/t7-/m1/s1. The van der Waals surface area contributed by atoms with Crippen LogP contribution in [-0.4, -0.2) is 0 Å². The van der Waals surface area contributed by atoms with Crippen molar-refractivity contribution in [3.63, 3.8) is 0 Å². The summed E-state index contributed by atoms with van der Waals surface area (Å²) in [6, 6.07) is 3.79. The number of nitrogen functional groups attached to an aromatic ring is 1. The maximum atomic E-state index is 8.82. The van der Waals surface area contributed by atoms with Gasteiger partial charge in [0, 0.05) is 6.04 Å². The molecule has 2 rings (SSSR count). The van der Waals surface area contributed by atoms with Gasteiger partial charge in [0.25, 0.3) is 0 Å². The van der Waals surface area contributed by atoms with Gasteiger partial charge < -0.3 is 11.5 Å². The molecule has 0 unspecified atom stereocenters. The summed E-state index contributed by atoms with van der Waals surface area (Å²) in [6.45, 7) is 0. The smallest absolute Gasteiger partial charge is 0.101 e. The topological polar surface area (TPSA) is 75.8 Å². The van der Waals surface area contributed by atoms with Gasteiger partial charge in [-0.3, -0.25) is 0 Å². The van der Waals surface area contributed by atoms with Gasteiger partial charge in [-0.05, 0) is 30.0 Å². The minimum Gasteiger partial charge on any atom is -0.396 e. The quantitative estimate of drug-likeness (QED) is 0.637. The molecule has 0 radical (unpaired) electrons. The average molecular weight is 208 g/mol. The number of nitrogens with zero attached hydrogens (tertiary/aromatic N) is 1. The summed E-state index contributed by atoms with van der Waals surface area (Å²) < 4.78 is 0. The summed E-state index contributed by atoms with van der Waals surface area (Å²) in [7, 11) is 0. The first-order valence-corrected chi connectivity index (χ1v) is 4.79. The van der Waals surface area contributed by atoms with Crippen LogP contribution < -0.4 is 11.5 Å². The second-order valence-corrected chi connectivity index (χ2v) is 3.86. The Balaban J connectivity index is 2.70. The highest BCUT2D eigenvalue weighted by molar-refractivity contribution is 6.34. The van der Waals surface area contributed by atoms with Crippen LogP contribution in [-0.2, 0) is 6.42 Å². The van der Waals surface area contributed by atoms with E-state index in [2.05, 4.69) is 0 Å². The Hall–Kier alpha value is -1.24. The van der Waals surface area contributed by atoms with Gasteiger partial charge in [-0.1, -0.05) is 11.6 Å². The van der Waals surface area contributed by atoms with Crippen molar-refractivity contribution < 1.29 is 0 Å². The zero-order chi connectivity index (χ0) is 10.3. The molecule has 1 aromatic rings. The third-order valence-corrected chi connectivity index (χ3v) is 3.05. The summed E-state index contributed by atoms with van der Waals surface area (Å²) >= 11 is 6.06. The third kappa shape index (κ3) is 1.16. The number of aryl methyl sites for hydroxylation is 1. The van der Waals surface area contributed by atoms with Crippen molar-refractivity contribution in [1.82, 2.24) is 0 Å². The van der Waals surface area contributed by atoms with Gasteiger partial charge in [0.15, 0.2) is 0 Å². The maximum Gasteiger partial charge on any atom is 0.101 e. The summed E-state index contributed by atoms with van der Waals surface area (Å²) in [4.78, 5) is 0. The maximum absolute atomic E-state index is 8.82. The molecule has 0 aliphatic heterocycles. The monoisotopic (exact) mass is 207 g/mol. The average Bonchev–Trinajstić information content (AvgIpc) is 2.54. The van der Waals surface area contributed by atoms with E-state index in [1.807, 2.05) is 6.07 Å². The lowest BCUT2D eigenvalue weighted by Gasteiger charge is -2.10. The first-order chi connectivity index (χ1) is 6.65. The first-order valence-electron chi connectivity index (χ1n) is 4.41. The van der Waals surface area contributed by atoms with Crippen LogP contribution in [0.4, 0.5) is 5.69 Å². The van der Waals surface area contributed by atoms with E-state index in [1.54, 1.807) is 6.07 Å². The molecule has 1 atom stereocenters. The lowest BCUT2D eigenvalue weighted by Crippen LogP contribution is -2.07. The van der Waals surface area contributed by atoms with Crippen molar-refractivity contribution in [1.29, 1.82) is 5.26 Å². The minimum absolute atomic E-state index is 0.0347. The molecule has 0 amide bonds. The van der Waals surface area contributed by atoms with Crippen LogP contribution in [0.1, 0.15) is 29.2 Å². The number of fused-ring (bicyclic) bond motifs is 1. The number of nitrogens with two attached hydrogens (primary N) is 2. The molecule has 0 saturated heterocycles. The molecular formula is C10H10ClN3. The second kappa shape index (κ2) is 3.16. The highest BCUT2D eigenvalue weighted by Crippen LogP contribution is 2.39. The van der Waals surface area contributed by atoms with Gasteiger partial charge in [0.1, 0.15) is 6.07 Å². The Kier molecular flexibility index (Phi) is 2.10. The fourth-order valence-electron chi connectivity index (χ4n) is 1.89. The lowest BCUT2D eigenvalue weighted by atomic mass is 10.0. The molecule has 72 valence electrons. The van der Waals surface area contributed by atoms with Crippen molar-refractivity contribution in [2.75, 3.05) is 5.73 Å². The minimum atomic E-state index is -0.0347. The van der Waals surface area contributed by atoms with Crippen molar-refractivity contribution in [3.05, 3.63) is 27.8 Å². The number of benzene rings is 1. The van der Waals surface area contributed by atoms with E-state index in [0.717, 1.165) is 24.0 Å². The number of nitriles is 1. The molecule has 0 heterocycles. The Morgan fingerprint density at radius 1 is 1.57 bits per heavy atom. The number of anilines is 1. The molecule has 3 nitrogen and oxygen atoms in total. The van der Waals surface area contributed by atoms with Gasteiger partial charge in [-0.15, -0.1) is 0 Å². The molecule has 0 saturated carbocycles. The molecule has 14 heavy (non-hydrogen) atoms. The Morgan fingerprint density at radius 2 is 2.29 bits per heavy atom. The van der Waals surface area contributed by atoms with E-state index >= 15 is 0 Å². The lowest BCUT2D eigenvalue weighted by molar-refractivity contribution is 0.713. The third-order valence-electron chi connectivity index (χ3n) is 2.64. The van der Waals surface area contributed by atoms with Crippen molar-refractivity contribution in [2.24, 2.45) is 5.73 Å². The van der Waals surface area contributed by atoms with E-state index in [9.17, 15) is 0 Å². The predicted molar refractivity (Wildman–Crippen MR) is 55.8 cm³/mol. The molecular weight excluding hydrogens is 198 g/mol. The zero-order valence-electron chi connectivity index (χ0n) is 7.55. The number of rotatable bonds is 0. The van der Waals surface area contributed by atoms with Crippen molar-refractivity contribution in [2.45, 2.75) is 18.9 Å². The van der Waals surface area contributed by atoms with Crippen molar-refractivity contribution >= 4 is 17.3 Å². The Bertz CT molecular complexity index is 434. The summed E-state index contributed by atoms with van der Waals surface area (Å²) in [5.74, 6) is 0. The molecule has 0 spiro atoms. The zero-order valence-corrected chi connectivity index (χ0v) is 8.30. The van der Waals surface area contributed by atoms with Crippen LogP contribution in [0.15, 0.2) is 6.07 Å². The number of hydrogen-bond acceptors (Lipinski definition) is 3. The number of hydrogen-bond donors (Lipinski definition) is 2. The van der Waals surface area contributed by atoms with E-state index < -0.39 is 0 Å². The van der Waals surface area contributed by atoms with Gasteiger partial charge in [-0.2, -0.15) is 5.26 Å². The Morgan fingerprint density at radius 3 is 2.93 bits per heavy atom. The van der Waals surface area contributed by atoms with E-state index in [1.165, 1.54) is 0 Å². The fourth-order valence-corrected chi connectivity index (χ4v) is 2.25. The molecule has 1 aliphatic carbocycles. The molecule has 1 aromatic carbocycles. The summed E-state index contributed by atoms with van der Waals surface area (Å²) in [5, 5.41) is 9.28. The van der Waals surface area contributed by atoms with E-state index in [4.69, 9.17) is 28.3 Å².